The van der Waals surface area contributed by atoms with Crippen molar-refractivity contribution in [3.8, 4) is 0 Å². The fourth-order valence-corrected chi connectivity index (χ4v) is 1.81. The first-order valence-electron chi connectivity index (χ1n) is 5.80. The van der Waals surface area contributed by atoms with Gasteiger partial charge in [0.15, 0.2) is 0 Å². The van der Waals surface area contributed by atoms with E-state index >= 15 is 0 Å². The Morgan fingerprint density at radius 1 is 1.29 bits per heavy atom. The average molecular weight is 259 g/mol. The van der Waals surface area contributed by atoms with Gasteiger partial charge in [-0.25, -0.2) is 4.79 Å². The molecule has 0 aromatic rings. The molecule has 0 atom stereocenters. The van der Waals surface area contributed by atoms with E-state index in [1.54, 1.807) is 0 Å². The summed E-state index contributed by atoms with van der Waals surface area (Å²) in [6.07, 6.45) is 1.47. The Morgan fingerprint density at radius 2 is 1.88 bits per heavy atom. The maximum atomic E-state index is 11.1. The molecule has 0 aromatic heterocycles. The van der Waals surface area contributed by atoms with Crippen LogP contribution in [-0.2, 0) is 14.3 Å². The molecule has 0 N–H and O–H groups in total. The second-order valence-corrected chi connectivity index (χ2v) is 11.0. The molecule has 0 aliphatic carbocycles. The van der Waals surface area contributed by atoms with E-state index in [9.17, 15) is 4.79 Å². The third-order valence-electron chi connectivity index (χ3n) is 2.31. The minimum absolute atomic E-state index is 0.345. The van der Waals surface area contributed by atoms with Crippen LogP contribution in [-0.4, -0.2) is 53.4 Å². The minimum atomic E-state index is -1.05. The highest BCUT2D eigenvalue weighted by Crippen LogP contribution is 2.08. The molecular weight excluding hydrogens is 234 g/mol. The maximum Gasteiger partial charge on any atom is 0.332 e. The molecule has 0 fully saturated rings. The van der Waals surface area contributed by atoms with Crippen LogP contribution >= 0.6 is 0 Å². The lowest BCUT2D eigenvalue weighted by Crippen LogP contribution is -2.23. The summed E-state index contributed by atoms with van der Waals surface area (Å²) in [6.45, 7) is 8.14. The van der Waals surface area contributed by atoms with Crippen LogP contribution in [0.15, 0.2) is 11.8 Å². The molecule has 0 saturated heterocycles. The van der Waals surface area contributed by atoms with Gasteiger partial charge in [0.2, 0.25) is 0 Å². The Hall–Kier alpha value is -0.813. The number of hydrogen-bond donors (Lipinski definition) is 0. The van der Waals surface area contributed by atoms with Gasteiger partial charge in [-0.3, -0.25) is 0 Å². The van der Waals surface area contributed by atoms with Crippen LogP contribution in [0.2, 0.25) is 25.7 Å². The molecule has 0 spiro atoms. The summed E-state index contributed by atoms with van der Waals surface area (Å²) in [7, 11) is 4.10. The third kappa shape index (κ3) is 8.94. The van der Waals surface area contributed by atoms with Gasteiger partial charge in [-0.1, -0.05) is 19.6 Å². The van der Waals surface area contributed by atoms with Crippen LogP contribution in [0.25, 0.3) is 0 Å². The van der Waals surface area contributed by atoms with Crippen LogP contribution in [0.1, 0.15) is 0 Å². The van der Waals surface area contributed by atoms with Gasteiger partial charge in [-0.05, 0) is 6.04 Å². The molecule has 5 heteroatoms. The number of carbonyl (C=O) groups is 1. The fourth-order valence-electron chi connectivity index (χ4n) is 1.05. The van der Waals surface area contributed by atoms with Gasteiger partial charge in [0.25, 0.3) is 0 Å². The molecule has 100 valence electrons. The molecule has 0 saturated carbocycles. The molecule has 0 aliphatic heterocycles. The SMILES string of the molecule is COC(=O)/C=C(\COCC[Si](C)(C)C)N(C)C. The first kappa shape index (κ1) is 16.2. The second-order valence-electron chi connectivity index (χ2n) is 5.42. The monoisotopic (exact) mass is 259 g/mol. The number of likely N-dealkylation sites (N-methyl/N-ethyl adjacent to an activating group) is 1. The van der Waals surface area contributed by atoms with E-state index in [0.29, 0.717) is 6.61 Å². The minimum Gasteiger partial charge on any atom is -0.466 e. The zero-order chi connectivity index (χ0) is 13.5. The summed E-state index contributed by atoms with van der Waals surface area (Å²) in [6, 6.07) is 1.13. The molecule has 0 bridgehead atoms. The molecule has 0 heterocycles. The highest BCUT2D eigenvalue weighted by atomic mass is 28.3. The summed E-state index contributed by atoms with van der Waals surface area (Å²) in [5, 5.41) is 0. The van der Waals surface area contributed by atoms with Crippen molar-refractivity contribution in [1.29, 1.82) is 0 Å². The van der Waals surface area contributed by atoms with E-state index < -0.39 is 8.07 Å². The lowest BCUT2D eigenvalue weighted by molar-refractivity contribution is -0.135. The van der Waals surface area contributed by atoms with Crippen molar-refractivity contribution < 1.29 is 14.3 Å². The van der Waals surface area contributed by atoms with Gasteiger partial charge in [-0.2, -0.15) is 0 Å². The summed E-state index contributed by atoms with van der Waals surface area (Å²) >= 11 is 0. The first-order chi connectivity index (χ1) is 7.76. The number of hydrogen-bond acceptors (Lipinski definition) is 4. The number of nitrogens with zero attached hydrogens (tertiary/aromatic N) is 1. The first-order valence-corrected chi connectivity index (χ1v) is 9.50. The van der Waals surface area contributed by atoms with Crippen LogP contribution in [0.3, 0.4) is 0 Å². The Balaban J connectivity index is 4.12. The van der Waals surface area contributed by atoms with E-state index in [2.05, 4.69) is 24.4 Å². The predicted octanol–water partition coefficient (Wildman–Crippen LogP) is 1.96. The summed E-state index contributed by atoms with van der Waals surface area (Å²) < 4.78 is 10.2. The molecule has 0 amide bonds. The normalized spacial score (nSPS) is 12.5. The van der Waals surface area contributed by atoms with Crippen molar-refractivity contribution in [2.24, 2.45) is 0 Å². The van der Waals surface area contributed by atoms with Gasteiger partial charge in [0, 0.05) is 40.5 Å². The Morgan fingerprint density at radius 3 is 2.29 bits per heavy atom. The molecule has 0 rings (SSSR count). The number of rotatable bonds is 7. The Labute approximate surface area is 106 Å². The molecule has 17 heavy (non-hydrogen) atoms. The van der Waals surface area contributed by atoms with E-state index in [1.807, 2.05) is 19.0 Å². The quantitative estimate of drug-likeness (QED) is 0.303. The highest BCUT2D eigenvalue weighted by molar-refractivity contribution is 6.76. The number of carbonyl (C=O) groups excluding carboxylic acids is 1. The van der Waals surface area contributed by atoms with Gasteiger partial charge >= 0.3 is 5.97 Å². The number of esters is 1. The molecule has 0 aliphatic rings. The van der Waals surface area contributed by atoms with Crippen molar-refractivity contribution in [2.45, 2.75) is 25.7 Å². The van der Waals surface area contributed by atoms with Crippen LogP contribution in [0.5, 0.6) is 0 Å². The average Bonchev–Trinajstić information content (AvgIpc) is 2.20. The van der Waals surface area contributed by atoms with Gasteiger partial charge in [0.1, 0.15) is 0 Å². The van der Waals surface area contributed by atoms with Crippen LogP contribution < -0.4 is 0 Å². The van der Waals surface area contributed by atoms with Gasteiger partial charge < -0.3 is 14.4 Å². The smallest absolute Gasteiger partial charge is 0.332 e. The van der Waals surface area contributed by atoms with Crippen LogP contribution in [0, 0.1) is 0 Å². The molecule has 0 radical (unpaired) electrons. The molecule has 0 unspecified atom stereocenters. The fraction of sp³-hybridized carbons (Fsp3) is 0.750. The third-order valence-corrected chi connectivity index (χ3v) is 4.01. The highest BCUT2D eigenvalue weighted by Gasteiger charge is 2.12. The predicted molar refractivity (Wildman–Crippen MR) is 72.8 cm³/mol. The molecular formula is C12H25NO3Si. The standard InChI is InChI=1S/C12H25NO3Si/c1-13(2)11(9-12(14)15-3)10-16-7-8-17(4,5)6/h9H,7-8,10H2,1-6H3/b11-9+. The van der Waals surface area contributed by atoms with E-state index in [0.717, 1.165) is 18.3 Å². The molecule has 0 aromatic carbocycles. The maximum absolute atomic E-state index is 11.1. The lowest BCUT2D eigenvalue weighted by atomic mass is 10.4. The Kier molecular flexibility index (Phi) is 7.14. The summed E-state index contributed by atoms with van der Waals surface area (Å²) in [5.41, 5.74) is 0.826. The topological polar surface area (TPSA) is 38.8 Å². The van der Waals surface area contributed by atoms with Gasteiger partial charge in [0.05, 0.1) is 13.7 Å². The number of ether oxygens (including phenoxy) is 2. The van der Waals surface area contributed by atoms with E-state index in [-0.39, 0.29) is 5.97 Å². The zero-order valence-corrected chi connectivity index (χ0v) is 12.9. The zero-order valence-electron chi connectivity index (χ0n) is 11.9. The van der Waals surface area contributed by atoms with E-state index in [4.69, 9.17) is 4.74 Å². The second kappa shape index (κ2) is 7.50. The van der Waals surface area contributed by atoms with E-state index in [1.165, 1.54) is 13.2 Å². The van der Waals surface area contributed by atoms with Crippen molar-refractivity contribution in [3.63, 3.8) is 0 Å². The van der Waals surface area contributed by atoms with Crippen molar-refractivity contribution in [2.75, 3.05) is 34.4 Å². The van der Waals surface area contributed by atoms with Crippen molar-refractivity contribution in [1.82, 2.24) is 4.90 Å². The van der Waals surface area contributed by atoms with Crippen molar-refractivity contribution in [3.05, 3.63) is 11.8 Å². The van der Waals surface area contributed by atoms with Crippen molar-refractivity contribution >= 4 is 14.0 Å². The Bertz CT molecular complexity index is 269. The van der Waals surface area contributed by atoms with Crippen LogP contribution in [0.4, 0.5) is 0 Å². The summed E-state index contributed by atoms with van der Waals surface area (Å²) in [4.78, 5) is 13.0. The van der Waals surface area contributed by atoms with Gasteiger partial charge in [-0.15, -0.1) is 0 Å². The lowest BCUT2D eigenvalue weighted by Gasteiger charge is -2.19. The molecule has 4 nitrogen and oxygen atoms in total. The number of methoxy groups -OCH3 is 1. The largest absolute Gasteiger partial charge is 0.466 e. The summed E-state index contributed by atoms with van der Waals surface area (Å²) in [5.74, 6) is -0.345.